The van der Waals surface area contributed by atoms with Crippen LogP contribution < -0.4 is 5.32 Å². The van der Waals surface area contributed by atoms with E-state index in [0.29, 0.717) is 23.1 Å². The minimum Gasteiger partial charge on any atom is -0.340 e. The van der Waals surface area contributed by atoms with E-state index in [-0.39, 0.29) is 11.8 Å². The van der Waals surface area contributed by atoms with Gasteiger partial charge in [0.15, 0.2) is 0 Å². The van der Waals surface area contributed by atoms with Gasteiger partial charge in [-0.2, -0.15) is 11.3 Å². The molecule has 1 N–H and O–H groups in total. The molecule has 21 heavy (non-hydrogen) atoms. The number of nitrogens with one attached hydrogen (secondary N) is 1. The van der Waals surface area contributed by atoms with Gasteiger partial charge in [0.05, 0.1) is 5.69 Å². The second kappa shape index (κ2) is 5.69. The van der Waals surface area contributed by atoms with Crippen LogP contribution in [-0.2, 0) is 15.1 Å². The van der Waals surface area contributed by atoms with Gasteiger partial charge in [-0.1, -0.05) is 6.07 Å². The van der Waals surface area contributed by atoms with E-state index < -0.39 is 5.54 Å². The predicted octanol–water partition coefficient (Wildman–Crippen LogP) is 2.87. The van der Waals surface area contributed by atoms with Crippen LogP contribution in [-0.4, -0.2) is 17.2 Å². The number of piperidine rings is 1. The lowest BCUT2D eigenvalue weighted by molar-refractivity contribution is -0.128. The third-order valence-corrected chi connectivity index (χ3v) is 4.96. The van der Waals surface area contributed by atoms with E-state index in [1.54, 1.807) is 0 Å². The number of carbonyl (C=O) groups is 2. The van der Waals surface area contributed by atoms with Crippen molar-refractivity contribution in [1.29, 1.82) is 0 Å². The highest BCUT2D eigenvalue weighted by atomic mass is 79.9. The minimum atomic E-state index is -0.874. The fourth-order valence-corrected chi connectivity index (χ4v) is 3.91. The molecule has 1 saturated heterocycles. The number of aromatic nitrogens is 1. The molecular weight excluding hydrogens is 352 g/mol. The monoisotopic (exact) mass is 364 g/mol. The fourth-order valence-electron chi connectivity index (χ4n) is 2.85. The van der Waals surface area contributed by atoms with Gasteiger partial charge in [-0.25, -0.2) is 4.98 Å². The molecule has 3 rings (SSSR count). The van der Waals surface area contributed by atoms with Crippen molar-refractivity contribution in [2.75, 3.05) is 0 Å². The fraction of sp³-hybridized carbons (Fsp3) is 0.267. The number of rotatable bonds is 3. The highest BCUT2D eigenvalue weighted by Gasteiger charge is 2.47. The zero-order valence-corrected chi connectivity index (χ0v) is 13.5. The molecule has 2 aromatic rings. The molecule has 3 heterocycles. The zero-order chi connectivity index (χ0) is 14.9. The van der Waals surface area contributed by atoms with Crippen LogP contribution in [0.4, 0.5) is 0 Å². The molecule has 0 radical (unpaired) electrons. The predicted molar refractivity (Wildman–Crippen MR) is 84.0 cm³/mol. The van der Waals surface area contributed by atoms with Gasteiger partial charge in [-0.15, -0.1) is 0 Å². The van der Waals surface area contributed by atoms with Crippen molar-refractivity contribution >= 4 is 39.5 Å². The number of thiophene rings is 1. The van der Waals surface area contributed by atoms with Crippen molar-refractivity contribution < 1.29 is 9.59 Å². The van der Waals surface area contributed by atoms with Gasteiger partial charge in [0, 0.05) is 12.3 Å². The Morgan fingerprint density at radius 3 is 2.95 bits per heavy atom. The number of nitrogens with zero attached hydrogens (tertiary/aromatic N) is 1. The molecule has 0 saturated carbocycles. The van der Waals surface area contributed by atoms with Gasteiger partial charge in [0.1, 0.15) is 16.4 Å². The molecule has 4 nitrogen and oxygen atoms in total. The topological polar surface area (TPSA) is 59.1 Å². The lowest BCUT2D eigenvalue weighted by Crippen LogP contribution is -2.56. The molecular formula is C15H13BrN2O2S. The second-order valence-electron chi connectivity index (χ2n) is 5.00. The first-order chi connectivity index (χ1) is 10.2. The van der Waals surface area contributed by atoms with Gasteiger partial charge in [-0.3, -0.25) is 4.79 Å². The lowest BCUT2D eigenvalue weighted by atomic mass is 9.72. The molecule has 2 unspecified atom stereocenters. The Kier molecular flexibility index (Phi) is 3.91. The minimum absolute atomic E-state index is 0.0546. The molecule has 2 aromatic heterocycles. The second-order valence-corrected chi connectivity index (χ2v) is 6.59. The summed E-state index contributed by atoms with van der Waals surface area (Å²) >= 11 is 4.90. The quantitative estimate of drug-likeness (QED) is 0.672. The van der Waals surface area contributed by atoms with Crippen LogP contribution in [0.15, 0.2) is 39.6 Å². The molecule has 1 aliphatic rings. The van der Waals surface area contributed by atoms with E-state index in [1.165, 1.54) is 11.3 Å². The first-order valence-corrected chi connectivity index (χ1v) is 8.32. The Balaban J connectivity index is 2.23. The summed E-state index contributed by atoms with van der Waals surface area (Å²) in [5, 5.41) is 6.94. The van der Waals surface area contributed by atoms with Crippen LogP contribution in [0, 0.1) is 5.92 Å². The Morgan fingerprint density at radius 1 is 1.43 bits per heavy atom. The maximum absolute atomic E-state index is 12.0. The molecule has 2 atom stereocenters. The van der Waals surface area contributed by atoms with Crippen molar-refractivity contribution in [3.8, 4) is 0 Å². The molecule has 0 spiro atoms. The maximum Gasteiger partial charge on any atom is 0.221 e. The van der Waals surface area contributed by atoms with E-state index in [9.17, 15) is 9.59 Å². The van der Waals surface area contributed by atoms with Crippen LogP contribution >= 0.6 is 27.3 Å². The number of carbonyl (C=O) groups excluding carboxylic acids is 2. The van der Waals surface area contributed by atoms with Crippen molar-refractivity contribution in [3.63, 3.8) is 0 Å². The van der Waals surface area contributed by atoms with E-state index in [0.717, 1.165) is 11.8 Å². The molecule has 108 valence electrons. The standard InChI is InChI=1S/C15H13BrN2O2S/c16-13-3-1-2-12(17-13)15(11-6-7-21-9-11)10(8-19)4-5-14(20)18-15/h1-3,6-10H,4-5H2,(H,18,20). The number of hydrogen-bond donors (Lipinski definition) is 1. The van der Waals surface area contributed by atoms with Crippen molar-refractivity contribution in [3.05, 3.63) is 50.9 Å². The molecule has 0 aliphatic carbocycles. The summed E-state index contributed by atoms with van der Waals surface area (Å²) in [6.07, 6.45) is 1.82. The van der Waals surface area contributed by atoms with Crippen molar-refractivity contribution in [2.24, 2.45) is 5.92 Å². The molecule has 6 heteroatoms. The Bertz CT molecular complexity index is 674. The number of pyridine rings is 1. The normalized spacial score (nSPS) is 25.4. The van der Waals surface area contributed by atoms with E-state index in [4.69, 9.17) is 0 Å². The van der Waals surface area contributed by atoms with Crippen LogP contribution in [0.2, 0.25) is 0 Å². The van der Waals surface area contributed by atoms with Crippen LogP contribution in [0.3, 0.4) is 0 Å². The number of halogens is 1. The van der Waals surface area contributed by atoms with E-state index in [1.807, 2.05) is 35.0 Å². The van der Waals surface area contributed by atoms with Gasteiger partial charge in [0.25, 0.3) is 0 Å². The smallest absolute Gasteiger partial charge is 0.221 e. The summed E-state index contributed by atoms with van der Waals surface area (Å²) < 4.78 is 0.680. The highest BCUT2D eigenvalue weighted by Crippen LogP contribution is 2.41. The number of hydrogen-bond acceptors (Lipinski definition) is 4. The Morgan fingerprint density at radius 2 is 2.29 bits per heavy atom. The summed E-state index contributed by atoms with van der Waals surface area (Å²) in [6.45, 7) is 0. The SMILES string of the molecule is O=CC1CCC(=O)NC1(c1ccsc1)c1cccc(Br)n1. The number of amides is 1. The first kappa shape index (κ1) is 14.4. The molecule has 1 aliphatic heterocycles. The van der Waals surface area contributed by atoms with Gasteiger partial charge in [-0.05, 0) is 56.9 Å². The summed E-state index contributed by atoms with van der Waals surface area (Å²) in [5.74, 6) is -0.382. The maximum atomic E-state index is 12.0. The average Bonchev–Trinajstić information content (AvgIpc) is 3.01. The van der Waals surface area contributed by atoms with Crippen molar-refractivity contribution in [1.82, 2.24) is 10.3 Å². The third-order valence-electron chi connectivity index (χ3n) is 3.84. The van der Waals surface area contributed by atoms with Crippen LogP contribution in [0.5, 0.6) is 0 Å². The Labute approximate surface area is 134 Å². The van der Waals surface area contributed by atoms with E-state index in [2.05, 4.69) is 26.2 Å². The number of aldehydes is 1. The van der Waals surface area contributed by atoms with Crippen molar-refractivity contribution in [2.45, 2.75) is 18.4 Å². The van der Waals surface area contributed by atoms with E-state index >= 15 is 0 Å². The van der Waals surface area contributed by atoms with Gasteiger partial charge >= 0.3 is 0 Å². The third kappa shape index (κ3) is 2.42. The average molecular weight is 365 g/mol. The molecule has 1 amide bonds. The summed E-state index contributed by atoms with van der Waals surface area (Å²) in [4.78, 5) is 28.2. The Hall–Kier alpha value is -1.53. The summed E-state index contributed by atoms with van der Waals surface area (Å²) in [5.41, 5.74) is 0.713. The first-order valence-electron chi connectivity index (χ1n) is 6.59. The molecule has 0 aromatic carbocycles. The van der Waals surface area contributed by atoms with Gasteiger partial charge < -0.3 is 10.1 Å². The van der Waals surface area contributed by atoms with Crippen LogP contribution in [0.1, 0.15) is 24.1 Å². The van der Waals surface area contributed by atoms with Gasteiger partial charge in [0.2, 0.25) is 5.91 Å². The highest BCUT2D eigenvalue weighted by molar-refractivity contribution is 9.10. The largest absolute Gasteiger partial charge is 0.340 e. The summed E-state index contributed by atoms with van der Waals surface area (Å²) in [7, 11) is 0. The molecule has 0 bridgehead atoms. The van der Waals surface area contributed by atoms with Crippen LogP contribution in [0.25, 0.3) is 0 Å². The lowest BCUT2D eigenvalue weighted by Gasteiger charge is -2.41. The molecule has 1 fully saturated rings. The summed E-state index contributed by atoms with van der Waals surface area (Å²) in [6, 6.07) is 7.48. The zero-order valence-electron chi connectivity index (χ0n) is 11.1.